The number of halogens is 4. The van der Waals surface area contributed by atoms with Crippen LogP contribution >= 0.6 is 22.9 Å². The monoisotopic (exact) mass is 526 g/mol. The van der Waals surface area contributed by atoms with Gasteiger partial charge < -0.3 is 15.1 Å². The summed E-state index contributed by atoms with van der Waals surface area (Å²) in [6.45, 7) is 3.54. The van der Waals surface area contributed by atoms with Crippen LogP contribution in [0.25, 0.3) is 0 Å². The number of aromatic nitrogens is 1. The molecule has 0 aliphatic carbocycles. The average molecular weight is 527 g/mol. The topological polar surface area (TPSA) is 109 Å². The van der Waals surface area contributed by atoms with E-state index in [1.165, 1.54) is 24.4 Å². The molecule has 1 aromatic carbocycles. The summed E-state index contributed by atoms with van der Waals surface area (Å²) in [4.78, 5) is 33.2. The molecule has 1 aromatic heterocycles. The van der Waals surface area contributed by atoms with E-state index in [1.54, 1.807) is 4.90 Å². The summed E-state index contributed by atoms with van der Waals surface area (Å²) >= 11 is 6.56. The minimum Gasteiger partial charge on any atom is -0.340 e. The molecule has 0 saturated carbocycles. The van der Waals surface area contributed by atoms with Gasteiger partial charge in [-0.15, -0.1) is 11.3 Å². The van der Waals surface area contributed by atoms with E-state index in [-0.39, 0.29) is 33.1 Å². The Labute approximate surface area is 196 Å². The average Bonchev–Trinajstić information content (AvgIpc) is 3.21. The van der Waals surface area contributed by atoms with E-state index in [1.807, 2.05) is 0 Å². The van der Waals surface area contributed by atoms with Gasteiger partial charge in [0.25, 0.3) is 10.0 Å². The van der Waals surface area contributed by atoms with E-state index in [9.17, 15) is 31.2 Å². The van der Waals surface area contributed by atoms with Crippen LogP contribution in [0.4, 0.5) is 18.3 Å². The van der Waals surface area contributed by atoms with Gasteiger partial charge in [0.2, 0.25) is 11.0 Å². The lowest BCUT2D eigenvalue weighted by molar-refractivity contribution is -0.199. The molecular weight excluding hydrogens is 509 g/mol. The molecule has 0 unspecified atom stereocenters. The van der Waals surface area contributed by atoms with Gasteiger partial charge in [-0.2, -0.15) is 21.6 Å². The number of thiazole rings is 1. The largest absolute Gasteiger partial charge is 0.493 e. The van der Waals surface area contributed by atoms with Crippen molar-refractivity contribution in [3.05, 3.63) is 39.9 Å². The third-order valence-electron chi connectivity index (χ3n) is 4.61. The van der Waals surface area contributed by atoms with E-state index < -0.39 is 32.2 Å². The van der Waals surface area contributed by atoms with Crippen LogP contribution in [0.5, 0.6) is 0 Å². The van der Waals surface area contributed by atoms with Crippen molar-refractivity contribution in [3.63, 3.8) is 0 Å². The number of alkyl halides is 3. The molecule has 0 bridgehead atoms. The summed E-state index contributed by atoms with van der Waals surface area (Å²) < 4.78 is 64.7. The summed E-state index contributed by atoms with van der Waals surface area (Å²) in [5, 5.41) is 3.87. The minimum atomic E-state index is -5.46. The Bertz CT molecular complexity index is 1150. The van der Waals surface area contributed by atoms with Crippen LogP contribution in [-0.4, -0.2) is 62.5 Å². The first-order valence-electron chi connectivity index (χ1n) is 9.43. The normalized spacial score (nSPS) is 14.8. The number of anilines is 1. The molecule has 1 aliphatic heterocycles. The minimum absolute atomic E-state index is 0.0397. The first-order chi connectivity index (χ1) is 15.4. The highest BCUT2D eigenvalue weighted by Crippen LogP contribution is 2.32. The second kappa shape index (κ2) is 9.83. The number of amides is 1. The zero-order valence-corrected chi connectivity index (χ0v) is 19.4. The highest BCUT2D eigenvalue weighted by molar-refractivity contribution is 7.92. The number of benzene rings is 1. The molecule has 15 heteroatoms. The fraction of sp³-hybridized carbons (Fsp3) is 0.389. The van der Waals surface area contributed by atoms with Gasteiger partial charge in [0.05, 0.1) is 17.0 Å². The lowest BCUT2D eigenvalue weighted by atomic mass is 10.2. The molecular formula is C18H18ClF3N4O5S2. The predicted molar refractivity (Wildman–Crippen MR) is 113 cm³/mol. The Kier molecular flexibility index (Phi) is 7.51. The highest BCUT2D eigenvalue weighted by atomic mass is 35.5. The summed E-state index contributed by atoms with van der Waals surface area (Å²) in [7, 11) is -4.85. The zero-order valence-electron chi connectivity index (χ0n) is 17.1. The van der Waals surface area contributed by atoms with Gasteiger partial charge in [0.15, 0.2) is 0 Å². The molecule has 2 aromatic rings. The van der Waals surface area contributed by atoms with E-state index in [4.69, 9.17) is 11.6 Å². The molecule has 1 saturated heterocycles. The first-order valence-corrected chi connectivity index (χ1v) is 12.1. The van der Waals surface area contributed by atoms with Crippen molar-refractivity contribution < 1.29 is 36.0 Å². The van der Waals surface area contributed by atoms with E-state index in [2.05, 4.69) is 15.1 Å². The standard InChI is InChI=1S/C18H18ClF3N4O5S2/c1-11-13(19)3-2-4-14(11)33(29,30)26(31-16(28)18(20,21)22)17-24-12(10-32-17)9-15(27)25-7-5-23-6-8-25/h2-4,10,23H,5-9H2,1H3. The molecule has 2 heterocycles. The number of nitrogens with one attached hydrogen (secondary N) is 1. The highest BCUT2D eigenvalue weighted by Gasteiger charge is 2.45. The Hall–Kier alpha value is -2.42. The van der Waals surface area contributed by atoms with Crippen molar-refractivity contribution in [1.82, 2.24) is 15.2 Å². The fourth-order valence-electron chi connectivity index (χ4n) is 2.92. The van der Waals surface area contributed by atoms with Crippen molar-refractivity contribution in [2.24, 2.45) is 0 Å². The number of hydrogen-bond acceptors (Lipinski definition) is 8. The second-order valence-electron chi connectivity index (χ2n) is 6.90. The maximum Gasteiger partial charge on any atom is 0.493 e. The van der Waals surface area contributed by atoms with Gasteiger partial charge >= 0.3 is 12.1 Å². The number of sulfonamides is 1. The van der Waals surface area contributed by atoms with E-state index in [0.717, 1.165) is 6.07 Å². The molecule has 3 rings (SSSR count). The van der Waals surface area contributed by atoms with Crippen LogP contribution in [0.15, 0.2) is 28.5 Å². The molecule has 9 nitrogen and oxygen atoms in total. The van der Waals surface area contributed by atoms with Crippen LogP contribution < -0.4 is 9.79 Å². The molecule has 1 aliphatic rings. The zero-order chi connectivity index (χ0) is 24.4. The fourth-order valence-corrected chi connectivity index (χ4v) is 5.58. The quantitative estimate of drug-likeness (QED) is 0.575. The Morgan fingerprint density at radius 2 is 1.97 bits per heavy atom. The number of nitrogens with zero attached hydrogens (tertiary/aromatic N) is 3. The number of hydrogen-bond donors (Lipinski definition) is 1. The maximum absolute atomic E-state index is 13.2. The molecule has 180 valence electrons. The van der Waals surface area contributed by atoms with Crippen molar-refractivity contribution >= 4 is 50.0 Å². The van der Waals surface area contributed by atoms with Crippen LogP contribution in [0.1, 0.15) is 11.3 Å². The number of piperazine rings is 1. The Balaban J connectivity index is 1.94. The smallest absolute Gasteiger partial charge is 0.340 e. The molecule has 1 N–H and O–H groups in total. The van der Waals surface area contributed by atoms with E-state index >= 15 is 0 Å². The molecule has 33 heavy (non-hydrogen) atoms. The van der Waals surface area contributed by atoms with E-state index in [0.29, 0.717) is 37.5 Å². The van der Waals surface area contributed by atoms with Gasteiger partial charge in [0, 0.05) is 36.6 Å². The Morgan fingerprint density at radius 3 is 2.61 bits per heavy atom. The number of rotatable bonds is 6. The second-order valence-corrected chi connectivity index (χ2v) is 9.87. The van der Waals surface area contributed by atoms with Gasteiger partial charge in [-0.05, 0) is 24.6 Å². The van der Waals surface area contributed by atoms with Crippen LogP contribution in [0, 0.1) is 6.92 Å². The summed E-state index contributed by atoms with van der Waals surface area (Å²) in [5.74, 6) is -3.03. The molecule has 1 fully saturated rings. The van der Waals surface area contributed by atoms with Crippen LogP contribution in [0.3, 0.4) is 0 Å². The maximum atomic E-state index is 13.2. The first kappa shape index (κ1) is 25.2. The molecule has 0 spiro atoms. The lowest BCUT2D eigenvalue weighted by Gasteiger charge is -2.27. The van der Waals surface area contributed by atoms with Crippen molar-refractivity contribution in [3.8, 4) is 0 Å². The van der Waals surface area contributed by atoms with Crippen molar-refractivity contribution in [1.29, 1.82) is 0 Å². The predicted octanol–water partition coefficient (Wildman–Crippen LogP) is 2.30. The van der Waals surface area contributed by atoms with Gasteiger partial charge in [-0.1, -0.05) is 22.1 Å². The van der Waals surface area contributed by atoms with Gasteiger partial charge in [-0.3, -0.25) is 4.79 Å². The number of carbonyl (C=O) groups is 2. The lowest BCUT2D eigenvalue weighted by Crippen LogP contribution is -2.47. The Morgan fingerprint density at radius 1 is 1.30 bits per heavy atom. The summed E-state index contributed by atoms with van der Waals surface area (Å²) in [6.07, 6.45) is -5.66. The van der Waals surface area contributed by atoms with Crippen LogP contribution in [0.2, 0.25) is 5.02 Å². The third-order valence-corrected chi connectivity index (χ3v) is 7.67. The van der Waals surface area contributed by atoms with Crippen molar-refractivity contribution in [2.45, 2.75) is 24.4 Å². The third kappa shape index (κ3) is 5.75. The van der Waals surface area contributed by atoms with Crippen molar-refractivity contribution in [2.75, 3.05) is 30.6 Å². The SMILES string of the molecule is Cc1c(Cl)cccc1S(=O)(=O)N(OC(=O)C(F)(F)F)c1nc(CC(=O)N2CCNCC2)cs1. The molecule has 0 atom stereocenters. The molecule has 0 radical (unpaired) electrons. The van der Waals surface area contributed by atoms with Gasteiger partial charge in [0.1, 0.15) is 0 Å². The van der Waals surface area contributed by atoms with Gasteiger partial charge in [-0.25, -0.2) is 9.78 Å². The summed E-state index contributed by atoms with van der Waals surface area (Å²) in [6, 6.07) is 3.78. The number of carbonyl (C=O) groups excluding carboxylic acids is 2. The molecule has 1 amide bonds. The van der Waals surface area contributed by atoms with Crippen LogP contribution in [-0.2, 0) is 30.9 Å². The summed E-state index contributed by atoms with van der Waals surface area (Å²) in [5.41, 5.74) is 0.155.